The van der Waals surface area contributed by atoms with Crippen molar-refractivity contribution in [3.63, 3.8) is 0 Å². The van der Waals surface area contributed by atoms with Crippen molar-refractivity contribution < 1.29 is 27.4 Å². The van der Waals surface area contributed by atoms with E-state index in [0.29, 0.717) is 37.9 Å². The lowest BCUT2D eigenvalue weighted by Gasteiger charge is -2.41. The Labute approximate surface area is 221 Å². The molecule has 2 bridgehead atoms. The molecule has 0 radical (unpaired) electrons. The number of rotatable bonds is 5. The van der Waals surface area contributed by atoms with E-state index in [2.05, 4.69) is 5.32 Å². The molecule has 0 unspecified atom stereocenters. The molecule has 3 heterocycles. The third kappa shape index (κ3) is 4.18. The summed E-state index contributed by atoms with van der Waals surface area (Å²) >= 11 is 0. The normalized spacial score (nSPS) is 36.5. The molecule has 10 heteroatoms. The maximum absolute atomic E-state index is 14.2. The van der Waals surface area contributed by atoms with Crippen LogP contribution in [0.15, 0.2) is 18.2 Å². The number of nitrogens with one attached hydrogen (secondary N) is 1. The number of amides is 1. The van der Waals surface area contributed by atoms with Gasteiger partial charge in [0.15, 0.2) is 0 Å². The van der Waals surface area contributed by atoms with Crippen molar-refractivity contribution in [2.24, 2.45) is 11.3 Å². The van der Waals surface area contributed by atoms with Gasteiger partial charge in [0.25, 0.3) is 0 Å². The largest absolute Gasteiger partial charge is 0.417 e. The summed E-state index contributed by atoms with van der Waals surface area (Å²) in [5, 5.41) is 13.4. The highest BCUT2D eigenvalue weighted by atomic mass is 19.4. The van der Waals surface area contributed by atoms with Crippen molar-refractivity contribution >= 4 is 11.6 Å². The number of benzene rings is 1. The number of nitriles is 1. The number of halogens is 3. The van der Waals surface area contributed by atoms with Gasteiger partial charge in [-0.05, 0) is 56.6 Å². The quantitative estimate of drug-likeness (QED) is 0.623. The highest BCUT2D eigenvalue weighted by molar-refractivity contribution is 5.85. The maximum Gasteiger partial charge on any atom is 0.417 e. The Hall–Kier alpha value is -2.35. The van der Waals surface area contributed by atoms with Gasteiger partial charge in [-0.2, -0.15) is 18.4 Å². The third-order valence-electron chi connectivity index (χ3n) is 9.89. The van der Waals surface area contributed by atoms with Gasteiger partial charge in [0.1, 0.15) is 6.07 Å². The molecule has 3 saturated heterocycles. The highest BCUT2D eigenvalue weighted by Crippen LogP contribution is 2.56. The van der Waals surface area contributed by atoms with Crippen LogP contribution >= 0.6 is 0 Å². The van der Waals surface area contributed by atoms with E-state index in [1.165, 1.54) is 6.07 Å². The van der Waals surface area contributed by atoms with Gasteiger partial charge in [0, 0.05) is 44.9 Å². The number of alkyl halides is 3. The summed E-state index contributed by atoms with van der Waals surface area (Å²) in [6.45, 7) is 2.26. The first-order valence-electron chi connectivity index (χ1n) is 13.8. The molecule has 1 amide bonds. The number of hydrogen-bond donors (Lipinski definition) is 1. The highest BCUT2D eigenvalue weighted by Gasteiger charge is 2.59. The second kappa shape index (κ2) is 9.68. The van der Waals surface area contributed by atoms with Gasteiger partial charge in [0.2, 0.25) is 5.91 Å². The van der Waals surface area contributed by atoms with Crippen LogP contribution in [0.2, 0.25) is 0 Å². The molecule has 0 aromatic heterocycles. The van der Waals surface area contributed by atoms with E-state index in [0.717, 1.165) is 51.0 Å². The Morgan fingerprint density at radius 3 is 2.79 bits per heavy atom. The number of piperazine rings is 1. The predicted octanol–water partition coefficient (Wildman–Crippen LogP) is 3.71. The predicted molar refractivity (Wildman–Crippen MR) is 133 cm³/mol. The molecular weight excluding hydrogens is 497 g/mol. The first kappa shape index (κ1) is 25.9. The minimum Gasteiger partial charge on any atom is -0.379 e. The molecule has 5 fully saturated rings. The lowest BCUT2D eigenvalue weighted by atomic mass is 9.78. The van der Waals surface area contributed by atoms with Crippen molar-refractivity contribution in [3.05, 3.63) is 29.3 Å². The molecule has 1 N–H and O–H groups in total. The summed E-state index contributed by atoms with van der Waals surface area (Å²) < 4.78 is 51.8. The SMILES string of the molecule is CO[C@@H]1COCC[C@@H]1N[C@@H]1C[C@H]2CCC[C@@]2(C(=O)N2C[C@@H]3C[C@H]2CN3c2cccc(C(F)(F)F)c2C#N)C1. The third-order valence-corrected chi connectivity index (χ3v) is 9.89. The monoisotopic (exact) mass is 532 g/mol. The Kier molecular flexibility index (Phi) is 6.60. The number of hydrogen-bond acceptors (Lipinski definition) is 6. The minimum absolute atomic E-state index is 0.0188. The van der Waals surface area contributed by atoms with Crippen LogP contribution in [0.5, 0.6) is 0 Å². The molecular formula is C28H35F3N4O3. The van der Waals surface area contributed by atoms with Gasteiger partial charge in [-0.15, -0.1) is 0 Å². The summed E-state index contributed by atoms with van der Waals surface area (Å²) in [5.74, 6) is 0.591. The van der Waals surface area contributed by atoms with Crippen molar-refractivity contribution in [2.75, 3.05) is 38.3 Å². The number of carbonyl (C=O) groups is 1. The molecule has 2 saturated carbocycles. The Bertz CT molecular complexity index is 1120. The fourth-order valence-electron chi connectivity index (χ4n) is 8.19. The molecule has 0 spiro atoms. The number of carbonyl (C=O) groups excluding carboxylic acids is 1. The van der Waals surface area contributed by atoms with Gasteiger partial charge < -0.3 is 24.6 Å². The topological polar surface area (TPSA) is 77.8 Å². The standard InChI is InChI=1S/C28H35F3N4O3/c1-37-25-16-38-9-7-23(25)33-18-10-17-4-3-8-27(17,12-18)26(36)35-15-19-11-20(35)14-34(19)24-6-2-5-22(21(24)13-32)28(29,30)31/h2,5-6,17-20,23,25,33H,3-4,7-12,14-16H2,1H3/t17-,18-,19+,20+,23+,25-,27-/m1/s1. The Morgan fingerprint density at radius 2 is 2.08 bits per heavy atom. The number of ether oxygens (including phenoxy) is 2. The molecule has 2 aliphatic carbocycles. The molecule has 3 aliphatic heterocycles. The molecule has 7 atom stereocenters. The van der Waals surface area contributed by atoms with Crippen LogP contribution in [0.4, 0.5) is 18.9 Å². The first-order valence-corrected chi connectivity index (χ1v) is 13.8. The van der Waals surface area contributed by atoms with Gasteiger partial charge >= 0.3 is 6.18 Å². The van der Waals surface area contributed by atoms with Crippen LogP contribution in [0.1, 0.15) is 56.1 Å². The summed E-state index contributed by atoms with van der Waals surface area (Å²) in [6, 6.07) is 6.11. The fourth-order valence-corrected chi connectivity index (χ4v) is 8.19. The average molecular weight is 533 g/mol. The molecule has 7 nitrogen and oxygen atoms in total. The minimum atomic E-state index is -4.58. The summed E-state index contributed by atoms with van der Waals surface area (Å²) in [5.41, 5.74) is -1.25. The van der Waals surface area contributed by atoms with E-state index in [-0.39, 0.29) is 47.2 Å². The zero-order valence-electron chi connectivity index (χ0n) is 21.7. The van der Waals surface area contributed by atoms with Crippen LogP contribution in [-0.2, 0) is 20.4 Å². The van der Waals surface area contributed by atoms with E-state index < -0.39 is 11.7 Å². The summed E-state index contributed by atoms with van der Waals surface area (Å²) in [6.07, 6.45) is 1.90. The van der Waals surface area contributed by atoms with Crippen molar-refractivity contribution in [1.29, 1.82) is 5.26 Å². The number of anilines is 1. The van der Waals surface area contributed by atoms with Gasteiger partial charge in [-0.25, -0.2) is 0 Å². The van der Waals surface area contributed by atoms with Crippen LogP contribution in [0.25, 0.3) is 0 Å². The van der Waals surface area contributed by atoms with E-state index in [9.17, 15) is 23.2 Å². The van der Waals surface area contributed by atoms with Crippen molar-refractivity contribution in [2.45, 2.75) is 81.4 Å². The van der Waals surface area contributed by atoms with Crippen molar-refractivity contribution in [3.8, 4) is 6.07 Å². The number of likely N-dealkylation sites (tertiary alicyclic amines) is 1. The zero-order chi connectivity index (χ0) is 26.7. The van der Waals surface area contributed by atoms with Crippen LogP contribution < -0.4 is 10.2 Å². The lowest BCUT2D eigenvalue weighted by Crippen LogP contribution is -2.54. The number of methoxy groups -OCH3 is 1. The second-order valence-corrected chi connectivity index (χ2v) is 11.8. The maximum atomic E-state index is 14.2. The molecule has 1 aromatic carbocycles. The molecule has 6 rings (SSSR count). The van der Waals surface area contributed by atoms with E-state index in [4.69, 9.17) is 9.47 Å². The van der Waals surface area contributed by atoms with Gasteiger partial charge in [-0.1, -0.05) is 12.5 Å². The van der Waals surface area contributed by atoms with Crippen LogP contribution in [0, 0.1) is 22.7 Å². The van der Waals surface area contributed by atoms with E-state index in [1.54, 1.807) is 19.2 Å². The fraction of sp³-hybridized carbons (Fsp3) is 0.714. The molecule has 1 aromatic rings. The second-order valence-electron chi connectivity index (χ2n) is 11.8. The van der Waals surface area contributed by atoms with Crippen LogP contribution in [0.3, 0.4) is 0 Å². The average Bonchev–Trinajstić information content (AvgIpc) is 3.67. The lowest BCUT2D eigenvalue weighted by molar-refractivity contribution is -0.144. The molecule has 38 heavy (non-hydrogen) atoms. The van der Waals surface area contributed by atoms with Crippen molar-refractivity contribution in [1.82, 2.24) is 10.2 Å². The van der Waals surface area contributed by atoms with Gasteiger partial charge in [0.05, 0.1) is 41.0 Å². The van der Waals surface area contributed by atoms with E-state index in [1.807, 2.05) is 9.80 Å². The Morgan fingerprint density at radius 1 is 1.24 bits per heavy atom. The number of nitrogens with zero attached hydrogens (tertiary/aromatic N) is 3. The smallest absolute Gasteiger partial charge is 0.379 e. The summed E-state index contributed by atoms with van der Waals surface area (Å²) in [7, 11) is 1.72. The number of fused-ring (bicyclic) bond motifs is 3. The first-order chi connectivity index (χ1) is 18.2. The Balaban J connectivity index is 1.17. The van der Waals surface area contributed by atoms with E-state index >= 15 is 0 Å². The zero-order valence-corrected chi connectivity index (χ0v) is 21.7. The summed E-state index contributed by atoms with van der Waals surface area (Å²) in [4.78, 5) is 18.1. The van der Waals surface area contributed by atoms with Gasteiger partial charge in [-0.3, -0.25) is 4.79 Å². The van der Waals surface area contributed by atoms with Crippen LogP contribution in [-0.4, -0.2) is 74.5 Å². The molecule has 206 valence electrons. The molecule has 5 aliphatic rings.